The minimum absolute atomic E-state index is 0.124. The first-order valence-electron chi connectivity index (χ1n) is 9.25. The molecule has 8 nitrogen and oxygen atoms in total. The molecule has 9 heteroatoms. The number of carbonyl (C=O) groups excluding carboxylic acids is 1. The van der Waals surface area contributed by atoms with Gasteiger partial charge in [0.25, 0.3) is 5.91 Å². The minimum atomic E-state index is -3.52. The molecule has 0 aromatic heterocycles. The third kappa shape index (κ3) is 5.63. The number of carbonyl (C=O) groups is 1. The van der Waals surface area contributed by atoms with E-state index in [1.54, 1.807) is 42.5 Å². The maximum Gasteiger partial charge on any atom is 0.254 e. The van der Waals surface area contributed by atoms with Gasteiger partial charge >= 0.3 is 0 Å². The van der Waals surface area contributed by atoms with Crippen molar-refractivity contribution in [3.63, 3.8) is 0 Å². The van der Waals surface area contributed by atoms with Crippen LogP contribution in [0.3, 0.4) is 0 Å². The van der Waals surface area contributed by atoms with E-state index in [0.717, 1.165) is 5.56 Å². The molecule has 0 radical (unpaired) electrons. The maximum absolute atomic E-state index is 12.7. The van der Waals surface area contributed by atoms with E-state index in [1.807, 2.05) is 11.8 Å². The lowest BCUT2D eigenvalue weighted by Crippen LogP contribution is -2.50. The molecule has 2 N–H and O–H groups in total. The molecule has 2 aromatic carbocycles. The number of nitrogens with one attached hydrogen (secondary N) is 1. The Labute approximate surface area is 170 Å². The molecule has 29 heavy (non-hydrogen) atoms. The van der Waals surface area contributed by atoms with E-state index >= 15 is 0 Å². The third-order valence-corrected chi connectivity index (χ3v) is 6.54. The Morgan fingerprint density at radius 3 is 2.48 bits per heavy atom. The van der Waals surface area contributed by atoms with Crippen LogP contribution < -0.4 is 5.43 Å². The van der Waals surface area contributed by atoms with Gasteiger partial charge < -0.3 is 5.11 Å². The summed E-state index contributed by atoms with van der Waals surface area (Å²) in [5, 5.41) is 13.3. The van der Waals surface area contributed by atoms with E-state index in [9.17, 15) is 18.3 Å². The number of phenolic OH excluding ortho intramolecular Hbond substituents is 1. The molecule has 0 atom stereocenters. The second-order valence-electron chi connectivity index (χ2n) is 6.88. The van der Waals surface area contributed by atoms with Gasteiger partial charge in [-0.3, -0.25) is 9.69 Å². The zero-order valence-corrected chi connectivity index (χ0v) is 17.0. The highest BCUT2D eigenvalue weighted by Gasteiger charge is 2.28. The van der Waals surface area contributed by atoms with Crippen molar-refractivity contribution in [2.24, 2.45) is 5.10 Å². The summed E-state index contributed by atoms with van der Waals surface area (Å²) in [6.07, 6.45) is 1.45. The van der Waals surface area contributed by atoms with Crippen molar-refractivity contribution < 1.29 is 18.3 Å². The average Bonchev–Trinajstić information content (AvgIpc) is 2.69. The largest absolute Gasteiger partial charge is 0.508 e. The van der Waals surface area contributed by atoms with Gasteiger partial charge in [-0.2, -0.15) is 9.41 Å². The van der Waals surface area contributed by atoms with E-state index < -0.39 is 10.0 Å². The highest BCUT2D eigenvalue weighted by molar-refractivity contribution is 7.89. The van der Waals surface area contributed by atoms with Crippen LogP contribution >= 0.6 is 0 Å². The van der Waals surface area contributed by atoms with Gasteiger partial charge in [0.05, 0.1) is 17.7 Å². The van der Waals surface area contributed by atoms with Gasteiger partial charge in [-0.25, -0.2) is 13.8 Å². The fourth-order valence-corrected chi connectivity index (χ4v) is 4.43. The molecule has 1 saturated heterocycles. The van der Waals surface area contributed by atoms with Gasteiger partial charge in [0.15, 0.2) is 0 Å². The normalized spacial score (nSPS) is 16.2. The van der Waals surface area contributed by atoms with Gasteiger partial charge in [-0.15, -0.1) is 0 Å². The van der Waals surface area contributed by atoms with Crippen LogP contribution in [-0.4, -0.2) is 67.6 Å². The van der Waals surface area contributed by atoms with Crippen LogP contribution in [0.5, 0.6) is 5.75 Å². The number of hydrazone groups is 1. The van der Waals surface area contributed by atoms with E-state index in [-0.39, 0.29) is 23.1 Å². The Balaban J connectivity index is 1.48. The quantitative estimate of drug-likeness (QED) is 0.543. The summed E-state index contributed by atoms with van der Waals surface area (Å²) in [7, 11) is -3.52. The second-order valence-corrected chi connectivity index (χ2v) is 8.82. The lowest BCUT2D eigenvalue weighted by Gasteiger charge is -2.33. The molecule has 2 aromatic rings. The first kappa shape index (κ1) is 21.0. The van der Waals surface area contributed by atoms with Gasteiger partial charge in [0, 0.05) is 26.2 Å². The lowest BCUT2D eigenvalue weighted by atomic mass is 10.2. The fourth-order valence-electron chi connectivity index (χ4n) is 3.01. The third-order valence-electron chi connectivity index (χ3n) is 4.63. The Hall–Kier alpha value is -2.75. The molecule has 1 aliphatic heterocycles. The molecular formula is C20H24N4O4S. The number of hydrogen-bond acceptors (Lipinski definition) is 6. The topological polar surface area (TPSA) is 102 Å². The van der Waals surface area contributed by atoms with Crippen molar-refractivity contribution in [2.45, 2.75) is 11.8 Å². The van der Waals surface area contributed by atoms with Crippen LogP contribution in [0.4, 0.5) is 0 Å². The number of benzene rings is 2. The SMILES string of the molecule is Cc1ccc(S(=O)(=O)N2CCN(CC(=O)NN=Cc3cccc(O)c3)CC2)cc1. The maximum atomic E-state index is 12.7. The number of nitrogens with zero attached hydrogens (tertiary/aromatic N) is 3. The predicted molar refractivity (Wildman–Crippen MR) is 110 cm³/mol. The van der Waals surface area contributed by atoms with Crippen LogP contribution in [0.1, 0.15) is 11.1 Å². The summed E-state index contributed by atoms with van der Waals surface area (Å²) in [6.45, 7) is 3.64. The van der Waals surface area contributed by atoms with Gasteiger partial charge in [-0.1, -0.05) is 29.8 Å². The second kappa shape index (κ2) is 9.17. The van der Waals surface area contributed by atoms with Crippen molar-refractivity contribution in [3.05, 3.63) is 59.7 Å². The molecule has 0 spiro atoms. The summed E-state index contributed by atoms with van der Waals surface area (Å²) in [5.74, 6) is -0.157. The molecule has 1 heterocycles. The standard InChI is InChI=1S/C20H24N4O4S/c1-16-5-7-19(8-6-16)29(27,28)24-11-9-23(10-12-24)15-20(26)22-21-14-17-3-2-4-18(25)13-17/h2-8,13-14,25H,9-12,15H2,1H3,(H,22,26). The summed E-state index contributed by atoms with van der Waals surface area (Å²) in [6, 6.07) is 13.3. The van der Waals surface area contributed by atoms with E-state index in [4.69, 9.17) is 0 Å². The van der Waals surface area contributed by atoms with Crippen LogP contribution in [0, 0.1) is 6.92 Å². The highest BCUT2D eigenvalue weighted by Crippen LogP contribution is 2.18. The van der Waals surface area contributed by atoms with Gasteiger partial charge in [-0.05, 0) is 36.8 Å². The number of sulfonamides is 1. The van der Waals surface area contributed by atoms with E-state index in [2.05, 4.69) is 10.5 Å². The fraction of sp³-hybridized carbons (Fsp3) is 0.300. The summed E-state index contributed by atoms with van der Waals surface area (Å²) >= 11 is 0. The molecule has 0 saturated carbocycles. The van der Waals surface area contributed by atoms with Crippen molar-refractivity contribution in [2.75, 3.05) is 32.7 Å². The molecule has 0 unspecified atom stereocenters. The number of amides is 1. The lowest BCUT2D eigenvalue weighted by molar-refractivity contribution is -0.122. The first-order chi connectivity index (χ1) is 13.8. The number of phenols is 1. The van der Waals surface area contributed by atoms with Crippen LogP contribution in [0.15, 0.2) is 58.5 Å². The molecule has 0 bridgehead atoms. The molecule has 154 valence electrons. The Morgan fingerprint density at radius 1 is 1.14 bits per heavy atom. The van der Waals surface area contributed by atoms with Crippen molar-refractivity contribution in [1.82, 2.24) is 14.6 Å². The summed E-state index contributed by atoms with van der Waals surface area (Å²) in [5.41, 5.74) is 4.12. The summed E-state index contributed by atoms with van der Waals surface area (Å²) < 4.78 is 26.9. The number of hydrogen-bond donors (Lipinski definition) is 2. The van der Waals surface area contributed by atoms with Crippen molar-refractivity contribution >= 4 is 22.1 Å². The Kier molecular flexibility index (Phi) is 6.63. The zero-order valence-electron chi connectivity index (χ0n) is 16.2. The molecule has 1 fully saturated rings. The van der Waals surface area contributed by atoms with E-state index in [0.29, 0.717) is 31.7 Å². The molecule has 0 aliphatic carbocycles. The van der Waals surface area contributed by atoms with Crippen LogP contribution in [0.2, 0.25) is 0 Å². The molecular weight excluding hydrogens is 392 g/mol. The smallest absolute Gasteiger partial charge is 0.254 e. The number of piperazine rings is 1. The monoisotopic (exact) mass is 416 g/mol. The number of aromatic hydroxyl groups is 1. The predicted octanol–water partition coefficient (Wildman–Crippen LogP) is 1.16. The number of aryl methyl sites for hydroxylation is 1. The van der Waals surface area contributed by atoms with Crippen molar-refractivity contribution in [3.8, 4) is 5.75 Å². The minimum Gasteiger partial charge on any atom is -0.508 e. The average molecular weight is 417 g/mol. The van der Waals surface area contributed by atoms with Crippen molar-refractivity contribution in [1.29, 1.82) is 0 Å². The number of rotatable bonds is 6. The Bertz CT molecular complexity index is 982. The van der Waals surface area contributed by atoms with Crippen LogP contribution in [0.25, 0.3) is 0 Å². The summed E-state index contributed by atoms with van der Waals surface area (Å²) in [4.78, 5) is 14.2. The highest BCUT2D eigenvalue weighted by atomic mass is 32.2. The van der Waals surface area contributed by atoms with Crippen LogP contribution in [-0.2, 0) is 14.8 Å². The molecule has 3 rings (SSSR count). The zero-order chi connectivity index (χ0) is 20.9. The van der Waals surface area contributed by atoms with Gasteiger partial charge in [0.1, 0.15) is 5.75 Å². The van der Waals surface area contributed by atoms with Gasteiger partial charge in [0.2, 0.25) is 10.0 Å². The Morgan fingerprint density at radius 2 is 1.83 bits per heavy atom. The first-order valence-corrected chi connectivity index (χ1v) is 10.7. The molecule has 1 amide bonds. The molecule has 1 aliphatic rings. The van der Waals surface area contributed by atoms with E-state index in [1.165, 1.54) is 16.6 Å².